The zero-order valence-electron chi connectivity index (χ0n) is 24.8. The third-order valence-corrected chi connectivity index (χ3v) is 10.5. The molecular weight excluding hydrogens is 677 g/mol. The molecule has 0 aliphatic carbocycles. The summed E-state index contributed by atoms with van der Waals surface area (Å²) in [5.41, 5.74) is -1.19. The van der Waals surface area contributed by atoms with Crippen LogP contribution in [-0.2, 0) is 27.1 Å². The van der Waals surface area contributed by atoms with Gasteiger partial charge in [0, 0.05) is 22.9 Å². The third-order valence-electron chi connectivity index (χ3n) is 7.94. The highest BCUT2D eigenvalue weighted by Gasteiger charge is 2.57. The number of para-hydroxylation sites is 1. The molecule has 3 unspecified atom stereocenters. The predicted octanol–water partition coefficient (Wildman–Crippen LogP) is 5.29. The fraction of sp³-hybridized carbons (Fsp3) is 0.226. The number of methoxy groups -OCH3 is 2. The quantitative estimate of drug-likeness (QED) is 0.147. The largest absolute Gasteiger partial charge is 0.493 e. The van der Waals surface area contributed by atoms with Crippen LogP contribution in [0.2, 0.25) is 0 Å². The SMILES string of the molecule is COc1ccc(C2c3sc(=O)n(CC(=O)Nc4ccccc4C(F)(F)F)c3SC3C(=O)N(c4ccc([N+](=O)[O-])cc4)C(=O)C32)cc1OC. The first-order valence-electron chi connectivity index (χ1n) is 14.0. The lowest BCUT2D eigenvalue weighted by molar-refractivity contribution is -0.384. The van der Waals surface area contributed by atoms with E-state index in [0.29, 0.717) is 21.9 Å². The molecule has 1 fully saturated rings. The number of nitrogens with zero attached hydrogens (tertiary/aromatic N) is 3. The lowest BCUT2D eigenvalue weighted by atomic mass is 9.83. The number of ether oxygens (including phenoxy) is 2. The van der Waals surface area contributed by atoms with E-state index in [9.17, 15) is 42.5 Å². The van der Waals surface area contributed by atoms with E-state index < -0.39 is 68.6 Å². The Bertz CT molecular complexity index is 2030. The van der Waals surface area contributed by atoms with Crippen molar-refractivity contribution in [2.75, 3.05) is 24.4 Å². The van der Waals surface area contributed by atoms with Crippen molar-refractivity contribution in [3.63, 3.8) is 0 Å². The van der Waals surface area contributed by atoms with Gasteiger partial charge in [-0.25, -0.2) is 4.90 Å². The second kappa shape index (κ2) is 12.5. The van der Waals surface area contributed by atoms with Gasteiger partial charge < -0.3 is 14.8 Å². The van der Waals surface area contributed by atoms with E-state index in [2.05, 4.69) is 5.32 Å². The molecule has 1 saturated heterocycles. The predicted molar refractivity (Wildman–Crippen MR) is 169 cm³/mol. The van der Waals surface area contributed by atoms with E-state index in [4.69, 9.17) is 9.47 Å². The van der Waals surface area contributed by atoms with Crippen LogP contribution in [0.25, 0.3) is 0 Å². The average Bonchev–Trinajstić information content (AvgIpc) is 3.50. The number of thioether (sulfide) groups is 1. The van der Waals surface area contributed by atoms with Crippen LogP contribution >= 0.6 is 23.1 Å². The molecule has 0 radical (unpaired) electrons. The minimum Gasteiger partial charge on any atom is -0.493 e. The van der Waals surface area contributed by atoms with Gasteiger partial charge in [0.25, 0.3) is 5.69 Å². The van der Waals surface area contributed by atoms with Gasteiger partial charge in [0.2, 0.25) is 17.7 Å². The summed E-state index contributed by atoms with van der Waals surface area (Å²) in [6, 6.07) is 14.2. The number of non-ortho nitro benzene ring substituents is 1. The molecule has 3 heterocycles. The summed E-state index contributed by atoms with van der Waals surface area (Å²) in [5, 5.41) is 12.5. The van der Waals surface area contributed by atoms with E-state index in [1.54, 1.807) is 18.2 Å². The highest BCUT2D eigenvalue weighted by molar-refractivity contribution is 8.00. The van der Waals surface area contributed by atoms with Crippen LogP contribution < -0.4 is 24.6 Å². The number of imide groups is 1. The molecule has 2 aliphatic heterocycles. The van der Waals surface area contributed by atoms with Crippen LogP contribution in [0.4, 0.5) is 30.2 Å². The number of nitrogens with one attached hydrogen (secondary N) is 1. The van der Waals surface area contributed by atoms with Gasteiger partial charge >= 0.3 is 11.0 Å². The van der Waals surface area contributed by atoms with Crippen molar-refractivity contribution in [1.29, 1.82) is 0 Å². The number of thiazole rings is 1. The topological polar surface area (TPSA) is 150 Å². The molecule has 4 aromatic rings. The monoisotopic (exact) mass is 700 g/mol. The number of carbonyl (C=O) groups is 3. The fourth-order valence-corrected chi connectivity index (χ4v) is 8.58. The standard InChI is InChI=1S/C31H23F3N4O8S2/c1-45-20-12-7-15(13-21(20)46-2)23-24-25(28(41)37(27(24)40)16-8-10-17(11-9-16)38(43)44)47-29-26(23)48-30(42)36(29)14-22(39)35-19-6-4-3-5-18(19)31(32,33)34/h3-13,23-25H,14H2,1-2H3,(H,35,39). The molecule has 17 heteroatoms. The number of rotatable bonds is 8. The van der Waals surface area contributed by atoms with Crippen LogP contribution in [0.1, 0.15) is 21.9 Å². The van der Waals surface area contributed by atoms with Crippen LogP contribution in [0, 0.1) is 16.0 Å². The van der Waals surface area contributed by atoms with Crippen LogP contribution in [0.15, 0.2) is 76.6 Å². The number of carbonyl (C=O) groups excluding carboxylic acids is 3. The normalized spacial score (nSPS) is 18.7. The summed E-state index contributed by atoms with van der Waals surface area (Å²) in [4.78, 5) is 65.8. The number of hydrogen-bond acceptors (Lipinski definition) is 10. The van der Waals surface area contributed by atoms with Crippen molar-refractivity contribution in [2.24, 2.45) is 5.92 Å². The molecule has 0 bridgehead atoms. The Morgan fingerprint density at radius 1 is 0.979 bits per heavy atom. The zero-order chi connectivity index (χ0) is 34.5. The maximum Gasteiger partial charge on any atom is 0.418 e. The van der Waals surface area contributed by atoms with Crippen molar-refractivity contribution in [1.82, 2.24) is 4.57 Å². The number of amides is 3. The van der Waals surface area contributed by atoms with Crippen molar-refractivity contribution >= 4 is 57.9 Å². The fourth-order valence-electron chi connectivity index (χ4n) is 5.81. The Balaban J connectivity index is 1.42. The van der Waals surface area contributed by atoms with Crippen LogP contribution in [0.3, 0.4) is 0 Å². The highest BCUT2D eigenvalue weighted by Crippen LogP contribution is 2.54. The molecule has 12 nitrogen and oxygen atoms in total. The van der Waals surface area contributed by atoms with Gasteiger partial charge in [0.15, 0.2) is 11.5 Å². The number of halogens is 3. The lowest BCUT2D eigenvalue weighted by Crippen LogP contribution is -2.33. The summed E-state index contributed by atoms with van der Waals surface area (Å²) in [7, 11) is 2.85. The van der Waals surface area contributed by atoms with Gasteiger partial charge in [-0.15, -0.1) is 0 Å². The molecule has 3 aromatic carbocycles. The Morgan fingerprint density at radius 3 is 2.31 bits per heavy atom. The maximum absolute atomic E-state index is 14.1. The van der Waals surface area contributed by atoms with Crippen molar-refractivity contribution in [3.8, 4) is 11.5 Å². The van der Waals surface area contributed by atoms with Gasteiger partial charge in [-0.1, -0.05) is 41.3 Å². The number of aromatic nitrogens is 1. The molecule has 3 amide bonds. The number of anilines is 2. The van der Waals surface area contributed by atoms with Gasteiger partial charge in [0.05, 0.1) is 47.0 Å². The Labute approximate surface area is 277 Å². The average molecular weight is 701 g/mol. The highest BCUT2D eigenvalue weighted by atomic mass is 32.2. The Kier molecular flexibility index (Phi) is 8.51. The number of nitro groups is 1. The second-order valence-corrected chi connectivity index (χ2v) is 12.8. The van der Waals surface area contributed by atoms with E-state index in [1.165, 1.54) is 50.6 Å². The second-order valence-electron chi connectivity index (χ2n) is 10.7. The molecule has 0 saturated carbocycles. The van der Waals surface area contributed by atoms with E-state index in [-0.39, 0.29) is 16.4 Å². The molecule has 248 valence electrons. The van der Waals surface area contributed by atoms with Gasteiger partial charge in [0.1, 0.15) is 11.8 Å². The number of hydrogen-bond donors (Lipinski definition) is 1. The molecule has 48 heavy (non-hydrogen) atoms. The number of alkyl halides is 3. The minimum atomic E-state index is -4.75. The summed E-state index contributed by atoms with van der Waals surface area (Å²) in [5.74, 6) is -3.41. The Hall–Kier alpha value is -5.16. The number of fused-ring (bicyclic) bond motifs is 2. The maximum atomic E-state index is 14.1. The van der Waals surface area contributed by atoms with E-state index in [0.717, 1.165) is 44.7 Å². The number of benzene rings is 3. The van der Waals surface area contributed by atoms with Crippen LogP contribution in [0.5, 0.6) is 11.5 Å². The molecule has 0 spiro atoms. The van der Waals surface area contributed by atoms with Gasteiger partial charge in [-0.05, 0) is 42.0 Å². The molecule has 3 atom stereocenters. The number of nitro benzene ring substituents is 1. The van der Waals surface area contributed by atoms with Crippen molar-refractivity contribution in [3.05, 3.63) is 103 Å². The molecule has 1 aromatic heterocycles. The molecule has 1 N–H and O–H groups in total. The lowest BCUT2D eigenvalue weighted by Gasteiger charge is -2.31. The third kappa shape index (κ3) is 5.68. The van der Waals surface area contributed by atoms with E-state index in [1.807, 2.05) is 0 Å². The smallest absolute Gasteiger partial charge is 0.418 e. The molecular formula is C31H23F3N4O8S2. The first-order chi connectivity index (χ1) is 22.8. The first kappa shape index (κ1) is 32.8. The van der Waals surface area contributed by atoms with Crippen molar-refractivity contribution < 1.29 is 42.0 Å². The van der Waals surface area contributed by atoms with Gasteiger partial charge in [-0.3, -0.25) is 33.9 Å². The van der Waals surface area contributed by atoms with Gasteiger partial charge in [-0.2, -0.15) is 13.2 Å². The minimum absolute atomic E-state index is 0.111. The van der Waals surface area contributed by atoms with E-state index >= 15 is 0 Å². The van der Waals surface area contributed by atoms with Crippen molar-refractivity contribution in [2.45, 2.75) is 28.9 Å². The Morgan fingerprint density at radius 2 is 1.67 bits per heavy atom. The molecule has 2 aliphatic rings. The summed E-state index contributed by atoms with van der Waals surface area (Å²) in [6.45, 7) is -0.673. The summed E-state index contributed by atoms with van der Waals surface area (Å²) >= 11 is 1.65. The summed E-state index contributed by atoms with van der Waals surface area (Å²) in [6.07, 6.45) is -4.75. The van der Waals surface area contributed by atoms with Crippen LogP contribution in [-0.4, -0.2) is 46.7 Å². The summed E-state index contributed by atoms with van der Waals surface area (Å²) < 4.78 is 52.6. The first-order valence-corrected chi connectivity index (χ1v) is 15.7. The molecule has 6 rings (SSSR count). The zero-order valence-corrected chi connectivity index (χ0v) is 26.5.